The average Bonchev–Trinajstić information content (AvgIpc) is 2.81. The molecule has 3 rings (SSSR count). The summed E-state index contributed by atoms with van der Waals surface area (Å²) < 4.78 is 1.12. The minimum absolute atomic E-state index is 0.316. The molecule has 6 heteroatoms. The summed E-state index contributed by atoms with van der Waals surface area (Å²) in [5.41, 5.74) is 7.36. The summed E-state index contributed by atoms with van der Waals surface area (Å²) in [7, 11) is 0. The molecule has 0 radical (unpaired) electrons. The van der Waals surface area contributed by atoms with Crippen molar-refractivity contribution >= 4 is 49.7 Å². The molecule has 0 aliphatic rings. The lowest BCUT2D eigenvalue weighted by molar-refractivity contribution is 1.29. The summed E-state index contributed by atoms with van der Waals surface area (Å²) in [5.74, 6) is 0.633. The Morgan fingerprint density at radius 2 is 2.05 bits per heavy atom. The first kappa shape index (κ1) is 12.0. The van der Waals surface area contributed by atoms with Crippen molar-refractivity contribution in [1.82, 2.24) is 9.97 Å². The molecule has 0 spiro atoms. The number of thiazole rings is 1. The normalized spacial score (nSPS) is 10.5. The number of para-hydroxylation sites is 1. The van der Waals surface area contributed by atoms with E-state index in [1.807, 2.05) is 30.3 Å². The van der Waals surface area contributed by atoms with Crippen molar-refractivity contribution in [3.63, 3.8) is 0 Å². The Bertz CT molecular complexity index is 718. The van der Waals surface area contributed by atoms with Crippen LogP contribution in [0.4, 0.5) is 10.9 Å². The molecule has 3 aromatic rings. The van der Waals surface area contributed by atoms with Crippen molar-refractivity contribution < 1.29 is 0 Å². The van der Waals surface area contributed by atoms with Gasteiger partial charge in [-0.3, -0.25) is 0 Å². The molecule has 0 fully saturated rings. The highest BCUT2D eigenvalue weighted by atomic mass is 32.1. The van der Waals surface area contributed by atoms with Crippen LogP contribution >= 0.6 is 23.6 Å². The summed E-state index contributed by atoms with van der Waals surface area (Å²) in [6.07, 6.45) is 1.69. The Morgan fingerprint density at radius 1 is 1.21 bits per heavy atom. The molecule has 19 heavy (non-hydrogen) atoms. The highest BCUT2D eigenvalue weighted by molar-refractivity contribution is 7.80. The molecule has 0 amide bonds. The first-order valence-corrected chi connectivity index (χ1v) is 6.84. The molecule has 94 valence electrons. The lowest BCUT2D eigenvalue weighted by atomic mass is 10.2. The number of thiocarbonyl (C=S) groups is 1. The minimum atomic E-state index is 0.316. The zero-order valence-electron chi connectivity index (χ0n) is 9.83. The summed E-state index contributed by atoms with van der Waals surface area (Å²) >= 11 is 6.58. The van der Waals surface area contributed by atoms with Gasteiger partial charge < -0.3 is 11.1 Å². The fourth-order valence-electron chi connectivity index (χ4n) is 1.73. The van der Waals surface area contributed by atoms with Gasteiger partial charge in [0.15, 0.2) is 5.13 Å². The molecule has 0 saturated carbocycles. The van der Waals surface area contributed by atoms with Crippen molar-refractivity contribution in [3.05, 3.63) is 48.2 Å². The minimum Gasteiger partial charge on any atom is -0.389 e. The molecule has 3 N–H and O–H groups in total. The SMILES string of the molecule is NC(=S)c1cccnc1Nc1nc2ccccc2s1. The topological polar surface area (TPSA) is 63.8 Å². The number of aromatic nitrogens is 2. The Labute approximate surface area is 119 Å². The van der Waals surface area contributed by atoms with E-state index in [-0.39, 0.29) is 0 Å². The van der Waals surface area contributed by atoms with Crippen LogP contribution in [0.1, 0.15) is 5.56 Å². The third-order valence-corrected chi connectivity index (χ3v) is 3.76. The van der Waals surface area contributed by atoms with Crippen molar-refractivity contribution in [2.45, 2.75) is 0 Å². The van der Waals surface area contributed by atoms with Crippen molar-refractivity contribution in [1.29, 1.82) is 0 Å². The molecule has 4 nitrogen and oxygen atoms in total. The molecule has 1 aromatic carbocycles. The van der Waals surface area contributed by atoms with E-state index < -0.39 is 0 Å². The van der Waals surface area contributed by atoms with Gasteiger partial charge in [-0.05, 0) is 24.3 Å². The average molecular weight is 286 g/mol. The molecule has 0 bridgehead atoms. The van der Waals surface area contributed by atoms with Crippen molar-refractivity contribution in [2.75, 3.05) is 5.32 Å². The van der Waals surface area contributed by atoms with E-state index in [0.717, 1.165) is 20.9 Å². The number of pyridine rings is 1. The van der Waals surface area contributed by atoms with E-state index in [2.05, 4.69) is 15.3 Å². The molecule has 0 unspecified atom stereocenters. The zero-order chi connectivity index (χ0) is 13.2. The lowest BCUT2D eigenvalue weighted by Gasteiger charge is -2.06. The highest BCUT2D eigenvalue weighted by Crippen LogP contribution is 2.28. The number of nitrogens with zero attached hydrogens (tertiary/aromatic N) is 2. The third kappa shape index (κ3) is 2.40. The molecular weight excluding hydrogens is 276 g/mol. The van der Waals surface area contributed by atoms with Crippen LogP contribution in [-0.4, -0.2) is 15.0 Å². The molecule has 0 aliphatic carbocycles. The van der Waals surface area contributed by atoms with Gasteiger partial charge >= 0.3 is 0 Å². The van der Waals surface area contributed by atoms with Crippen LogP contribution in [0.3, 0.4) is 0 Å². The van der Waals surface area contributed by atoms with Gasteiger partial charge in [0.2, 0.25) is 0 Å². The summed E-state index contributed by atoms with van der Waals surface area (Å²) in [5, 5.41) is 3.95. The summed E-state index contributed by atoms with van der Waals surface area (Å²) in [6.45, 7) is 0. The maximum Gasteiger partial charge on any atom is 0.189 e. The monoisotopic (exact) mass is 286 g/mol. The standard InChI is InChI=1S/C13H10N4S2/c14-11(18)8-4-3-7-15-12(8)17-13-16-9-5-1-2-6-10(9)19-13/h1-7H,(H2,14,18)(H,15,16,17). The summed E-state index contributed by atoms with van der Waals surface area (Å²) in [6, 6.07) is 11.6. The van der Waals surface area contributed by atoms with Gasteiger partial charge in [-0.2, -0.15) is 0 Å². The van der Waals surface area contributed by atoms with Gasteiger partial charge in [-0.25, -0.2) is 9.97 Å². The van der Waals surface area contributed by atoms with Crippen LogP contribution < -0.4 is 11.1 Å². The van der Waals surface area contributed by atoms with Gasteiger partial charge in [0, 0.05) is 6.20 Å². The van der Waals surface area contributed by atoms with E-state index in [9.17, 15) is 0 Å². The van der Waals surface area contributed by atoms with E-state index in [1.54, 1.807) is 23.6 Å². The van der Waals surface area contributed by atoms with Gasteiger partial charge in [0.1, 0.15) is 10.8 Å². The lowest BCUT2D eigenvalue weighted by Crippen LogP contribution is -2.12. The van der Waals surface area contributed by atoms with Crippen molar-refractivity contribution in [2.24, 2.45) is 5.73 Å². The Morgan fingerprint density at radius 3 is 2.84 bits per heavy atom. The molecule has 0 aliphatic heterocycles. The predicted molar refractivity (Wildman–Crippen MR) is 83.0 cm³/mol. The number of benzene rings is 1. The van der Waals surface area contributed by atoms with Crippen LogP contribution in [0.15, 0.2) is 42.6 Å². The molecule has 0 saturated heterocycles. The van der Waals surface area contributed by atoms with Crippen LogP contribution in [0.2, 0.25) is 0 Å². The van der Waals surface area contributed by atoms with Gasteiger partial charge in [-0.1, -0.05) is 35.7 Å². The zero-order valence-corrected chi connectivity index (χ0v) is 11.5. The molecular formula is C13H10N4S2. The second kappa shape index (κ2) is 4.91. The number of anilines is 2. The quantitative estimate of drug-likeness (QED) is 0.724. The van der Waals surface area contributed by atoms with Crippen LogP contribution in [0.25, 0.3) is 10.2 Å². The maximum absolute atomic E-state index is 5.68. The van der Waals surface area contributed by atoms with Crippen LogP contribution in [0, 0.1) is 0 Å². The Balaban J connectivity index is 1.99. The van der Waals surface area contributed by atoms with E-state index >= 15 is 0 Å². The molecule has 2 aromatic heterocycles. The molecule has 2 heterocycles. The number of hydrogen-bond acceptors (Lipinski definition) is 5. The fraction of sp³-hybridized carbons (Fsp3) is 0. The van der Waals surface area contributed by atoms with Crippen LogP contribution in [-0.2, 0) is 0 Å². The number of fused-ring (bicyclic) bond motifs is 1. The second-order valence-electron chi connectivity index (χ2n) is 3.88. The summed E-state index contributed by atoms with van der Waals surface area (Å²) in [4.78, 5) is 9.06. The molecule has 0 atom stereocenters. The Hall–Kier alpha value is -2.05. The predicted octanol–water partition coefficient (Wildman–Crippen LogP) is 3.07. The van der Waals surface area contributed by atoms with E-state index in [0.29, 0.717) is 10.8 Å². The number of nitrogens with one attached hydrogen (secondary N) is 1. The fourth-order valence-corrected chi connectivity index (χ4v) is 2.76. The van der Waals surface area contributed by atoms with E-state index in [4.69, 9.17) is 18.0 Å². The third-order valence-electron chi connectivity index (χ3n) is 2.59. The van der Waals surface area contributed by atoms with Gasteiger partial charge in [0.25, 0.3) is 0 Å². The smallest absolute Gasteiger partial charge is 0.189 e. The van der Waals surface area contributed by atoms with Crippen molar-refractivity contribution in [3.8, 4) is 0 Å². The first-order chi connectivity index (χ1) is 9.24. The number of hydrogen-bond donors (Lipinski definition) is 2. The van der Waals surface area contributed by atoms with E-state index in [1.165, 1.54) is 0 Å². The van der Waals surface area contributed by atoms with Crippen LogP contribution in [0.5, 0.6) is 0 Å². The Kier molecular flexibility index (Phi) is 3.10. The van der Waals surface area contributed by atoms with Gasteiger partial charge in [0.05, 0.1) is 15.8 Å². The largest absolute Gasteiger partial charge is 0.389 e. The second-order valence-corrected chi connectivity index (χ2v) is 5.35. The highest BCUT2D eigenvalue weighted by Gasteiger charge is 2.09. The number of nitrogens with two attached hydrogens (primary N) is 1. The first-order valence-electron chi connectivity index (χ1n) is 5.61. The number of rotatable bonds is 3. The maximum atomic E-state index is 5.68. The van der Waals surface area contributed by atoms with Gasteiger partial charge in [-0.15, -0.1) is 0 Å².